The number of nitrogens with zero attached hydrogens (tertiary/aromatic N) is 2. The number of carboxylic acids is 1. The third kappa shape index (κ3) is 1.85. The summed E-state index contributed by atoms with van der Waals surface area (Å²) in [6.07, 6.45) is 5.40. The van der Waals surface area contributed by atoms with E-state index in [4.69, 9.17) is 0 Å². The van der Waals surface area contributed by atoms with Crippen LogP contribution in [0.3, 0.4) is 0 Å². The van der Waals surface area contributed by atoms with E-state index >= 15 is 0 Å². The predicted molar refractivity (Wildman–Crippen MR) is 87.3 cm³/mol. The summed E-state index contributed by atoms with van der Waals surface area (Å²) in [7, 11) is 0. The maximum atomic E-state index is 11.2. The summed E-state index contributed by atoms with van der Waals surface area (Å²) in [5, 5.41) is 10.2. The highest BCUT2D eigenvalue weighted by Gasteiger charge is 2.14. The van der Waals surface area contributed by atoms with Gasteiger partial charge in [-0.15, -0.1) is 0 Å². The lowest BCUT2D eigenvalue weighted by molar-refractivity contribution is 0.0697. The summed E-state index contributed by atoms with van der Waals surface area (Å²) < 4.78 is 1.98. The van der Waals surface area contributed by atoms with Crippen molar-refractivity contribution in [2.45, 2.75) is 0 Å². The second-order valence-electron chi connectivity index (χ2n) is 5.14. The predicted octanol–water partition coefficient (Wildman–Crippen LogP) is 3.87. The maximum absolute atomic E-state index is 11.2. The largest absolute Gasteiger partial charge is 0.478 e. The standard InChI is InChI=1S/C18H12N2O2/c21-18(22)13-6-5-12-9-17-15-4-2-1-3-14(15)11-19-7-8-20(17)16(12)10-13/h1-11H,(H,21,22)/b8-7-,19-11-. The fraction of sp³-hybridized carbons (Fsp3) is 0. The first-order valence-corrected chi connectivity index (χ1v) is 6.91. The van der Waals surface area contributed by atoms with Crippen molar-refractivity contribution in [3.63, 3.8) is 0 Å². The Bertz CT molecular complexity index is 964. The molecule has 1 aliphatic rings. The Labute approximate surface area is 126 Å². The minimum Gasteiger partial charge on any atom is -0.478 e. The highest BCUT2D eigenvalue weighted by Crippen LogP contribution is 2.31. The third-order valence-electron chi connectivity index (χ3n) is 3.84. The molecule has 106 valence electrons. The molecule has 0 fully saturated rings. The number of aromatic nitrogens is 1. The fourth-order valence-corrected chi connectivity index (χ4v) is 2.79. The maximum Gasteiger partial charge on any atom is 0.335 e. The van der Waals surface area contributed by atoms with Crippen molar-refractivity contribution in [3.05, 3.63) is 65.9 Å². The van der Waals surface area contributed by atoms with Crippen LogP contribution in [0, 0.1) is 0 Å². The topological polar surface area (TPSA) is 54.6 Å². The van der Waals surface area contributed by atoms with Crippen LogP contribution in [0.4, 0.5) is 0 Å². The van der Waals surface area contributed by atoms with Crippen molar-refractivity contribution in [2.24, 2.45) is 4.99 Å². The van der Waals surface area contributed by atoms with E-state index in [1.165, 1.54) is 0 Å². The molecule has 2 heterocycles. The zero-order chi connectivity index (χ0) is 15.1. The highest BCUT2D eigenvalue weighted by atomic mass is 16.4. The summed E-state index contributed by atoms with van der Waals surface area (Å²) in [6.45, 7) is 0. The Kier molecular flexibility index (Phi) is 2.69. The summed E-state index contributed by atoms with van der Waals surface area (Å²) >= 11 is 0. The molecule has 2 aromatic carbocycles. The Hall–Kier alpha value is -3.14. The molecule has 0 aliphatic carbocycles. The van der Waals surface area contributed by atoms with Crippen molar-refractivity contribution >= 4 is 29.3 Å². The number of carboxylic acid groups (broad SMARTS) is 1. The first kappa shape index (κ1) is 12.6. The van der Waals surface area contributed by atoms with Gasteiger partial charge < -0.3 is 9.67 Å². The lowest BCUT2D eigenvalue weighted by Gasteiger charge is -2.10. The molecule has 22 heavy (non-hydrogen) atoms. The summed E-state index contributed by atoms with van der Waals surface area (Å²) in [5.41, 5.74) is 4.27. The molecular weight excluding hydrogens is 276 g/mol. The van der Waals surface area contributed by atoms with E-state index in [-0.39, 0.29) is 5.56 Å². The van der Waals surface area contributed by atoms with Crippen LogP contribution in [-0.2, 0) is 0 Å². The van der Waals surface area contributed by atoms with Crippen LogP contribution < -0.4 is 0 Å². The van der Waals surface area contributed by atoms with Crippen molar-refractivity contribution in [1.29, 1.82) is 0 Å². The average molecular weight is 288 g/mol. The van der Waals surface area contributed by atoms with E-state index in [0.29, 0.717) is 0 Å². The molecule has 1 aromatic heterocycles. The van der Waals surface area contributed by atoms with E-state index in [0.717, 1.165) is 27.7 Å². The summed E-state index contributed by atoms with van der Waals surface area (Å²) in [6, 6.07) is 15.3. The van der Waals surface area contributed by atoms with Crippen LogP contribution in [0.25, 0.3) is 28.4 Å². The number of aliphatic imine (C=N–C) groups is 1. The van der Waals surface area contributed by atoms with Gasteiger partial charge in [0, 0.05) is 35.1 Å². The van der Waals surface area contributed by atoms with Gasteiger partial charge in [-0.05, 0) is 18.2 Å². The van der Waals surface area contributed by atoms with Crippen LogP contribution in [0.2, 0.25) is 0 Å². The fourth-order valence-electron chi connectivity index (χ4n) is 2.79. The first-order valence-electron chi connectivity index (χ1n) is 6.91. The quantitative estimate of drug-likeness (QED) is 0.739. The Balaban J connectivity index is 2.07. The minimum atomic E-state index is -0.925. The van der Waals surface area contributed by atoms with E-state index in [9.17, 15) is 9.90 Å². The van der Waals surface area contributed by atoms with Crippen LogP contribution in [0.15, 0.2) is 59.7 Å². The van der Waals surface area contributed by atoms with Crippen LogP contribution in [0.1, 0.15) is 15.9 Å². The molecule has 1 N–H and O–H groups in total. The van der Waals surface area contributed by atoms with Crippen LogP contribution in [0.5, 0.6) is 0 Å². The Morgan fingerprint density at radius 1 is 1.09 bits per heavy atom. The van der Waals surface area contributed by atoms with Gasteiger partial charge in [-0.1, -0.05) is 30.3 Å². The van der Waals surface area contributed by atoms with Gasteiger partial charge in [0.1, 0.15) is 0 Å². The first-order chi connectivity index (χ1) is 10.7. The van der Waals surface area contributed by atoms with Crippen LogP contribution in [-0.4, -0.2) is 21.9 Å². The smallest absolute Gasteiger partial charge is 0.335 e. The molecule has 4 nitrogen and oxygen atoms in total. The molecule has 0 saturated heterocycles. The van der Waals surface area contributed by atoms with Gasteiger partial charge >= 0.3 is 5.97 Å². The van der Waals surface area contributed by atoms with Gasteiger partial charge in [-0.25, -0.2) is 4.79 Å². The van der Waals surface area contributed by atoms with E-state index in [2.05, 4.69) is 11.1 Å². The number of fused-ring (bicyclic) bond motifs is 5. The molecule has 1 aliphatic heterocycles. The normalized spacial score (nSPS) is 15.5. The zero-order valence-electron chi connectivity index (χ0n) is 11.6. The molecule has 4 rings (SSSR count). The molecule has 0 unspecified atom stereocenters. The van der Waals surface area contributed by atoms with Gasteiger partial charge in [0.15, 0.2) is 0 Å². The SMILES string of the molecule is O=C(O)c1ccc2cc3n(c2c1)/C=C\N=C/c1ccccc1-3. The van der Waals surface area contributed by atoms with Gasteiger partial charge in [0.05, 0.1) is 16.8 Å². The Morgan fingerprint density at radius 3 is 2.82 bits per heavy atom. The second-order valence-corrected chi connectivity index (χ2v) is 5.14. The summed E-state index contributed by atoms with van der Waals surface area (Å²) in [4.78, 5) is 15.5. The van der Waals surface area contributed by atoms with Crippen molar-refractivity contribution in [3.8, 4) is 11.3 Å². The van der Waals surface area contributed by atoms with Crippen LogP contribution >= 0.6 is 0 Å². The number of hydrogen-bond acceptors (Lipinski definition) is 2. The monoisotopic (exact) mass is 288 g/mol. The molecular formula is C18H12N2O2. The van der Waals surface area contributed by atoms with E-state index in [1.807, 2.05) is 47.3 Å². The molecule has 0 amide bonds. The third-order valence-corrected chi connectivity index (χ3v) is 3.84. The number of aromatic carboxylic acids is 1. The van der Waals surface area contributed by atoms with Crippen molar-refractivity contribution in [2.75, 3.05) is 0 Å². The van der Waals surface area contributed by atoms with Crippen molar-refractivity contribution < 1.29 is 9.90 Å². The number of hydrogen-bond donors (Lipinski definition) is 1. The zero-order valence-corrected chi connectivity index (χ0v) is 11.6. The van der Waals surface area contributed by atoms with Crippen molar-refractivity contribution in [1.82, 2.24) is 4.57 Å². The minimum absolute atomic E-state index is 0.278. The Morgan fingerprint density at radius 2 is 1.95 bits per heavy atom. The molecule has 0 bridgehead atoms. The van der Waals surface area contributed by atoms with Gasteiger partial charge in [-0.3, -0.25) is 4.99 Å². The van der Waals surface area contributed by atoms with E-state index in [1.54, 1.807) is 18.3 Å². The van der Waals surface area contributed by atoms with E-state index < -0.39 is 5.97 Å². The molecule has 0 radical (unpaired) electrons. The molecule has 4 heteroatoms. The molecule has 0 saturated carbocycles. The molecule has 0 atom stereocenters. The molecule has 0 spiro atoms. The van der Waals surface area contributed by atoms with Gasteiger partial charge in [0.2, 0.25) is 0 Å². The highest BCUT2D eigenvalue weighted by molar-refractivity contribution is 5.99. The lowest BCUT2D eigenvalue weighted by atomic mass is 10.0. The molecule has 3 aromatic rings. The average Bonchev–Trinajstić information content (AvgIpc) is 2.86. The number of benzene rings is 2. The number of rotatable bonds is 1. The lowest BCUT2D eigenvalue weighted by Crippen LogP contribution is -1.98. The van der Waals surface area contributed by atoms with Gasteiger partial charge in [-0.2, -0.15) is 0 Å². The number of carbonyl (C=O) groups is 1. The summed E-state index contributed by atoms with van der Waals surface area (Å²) in [5.74, 6) is -0.925. The second kappa shape index (κ2) is 4.70. The van der Waals surface area contributed by atoms with Gasteiger partial charge in [0.25, 0.3) is 0 Å².